The number of benzene rings is 1. The highest BCUT2D eigenvalue weighted by molar-refractivity contribution is 6.32. The van der Waals surface area contributed by atoms with Gasteiger partial charge in [0, 0.05) is 5.69 Å². The second-order valence-corrected chi connectivity index (χ2v) is 4.30. The first-order chi connectivity index (χ1) is 9.51. The molecule has 0 spiro atoms. The first kappa shape index (κ1) is 14.1. The normalized spacial score (nSPS) is 10.2. The number of nitrogens with two attached hydrogens (primary N) is 1. The Hall–Kier alpha value is -2.34. The molecule has 1 heterocycles. The molecular weight excluding hydrogens is 285 g/mol. The summed E-state index contributed by atoms with van der Waals surface area (Å²) in [5.41, 5.74) is 5.93. The van der Waals surface area contributed by atoms with Crippen molar-refractivity contribution in [2.75, 3.05) is 18.2 Å². The van der Waals surface area contributed by atoms with Gasteiger partial charge in [0.2, 0.25) is 0 Å². The summed E-state index contributed by atoms with van der Waals surface area (Å²) in [6.07, 6.45) is 0.941. The molecule has 0 saturated carbocycles. The Morgan fingerprint density at radius 2 is 2.20 bits per heavy atom. The molecule has 0 saturated heterocycles. The molecule has 0 bridgehead atoms. The fourth-order valence-electron chi connectivity index (χ4n) is 1.57. The maximum atomic E-state index is 13.1. The summed E-state index contributed by atoms with van der Waals surface area (Å²) in [5.74, 6) is -0.784. The summed E-state index contributed by atoms with van der Waals surface area (Å²) < 4.78 is 18.1. The second-order valence-electron chi connectivity index (χ2n) is 3.89. The number of halogens is 2. The van der Waals surface area contributed by atoms with Crippen molar-refractivity contribution in [2.45, 2.75) is 0 Å². The van der Waals surface area contributed by atoms with Crippen molar-refractivity contribution in [1.82, 2.24) is 4.98 Å². The van der Waals surface area contributed by atoms with Crippen molar-refractivity contribution in [3.05, 3.63) is 46.9 Å². The van der Waals surface area contributed by atoms with E-state index in [-0.39, 0.29) is 11.4 Å². The third kappa shape index (κ3) is 2.97. The van der Waals surface area contributed by atoms with Crippen LogP contribution in [-0.2, 0) is 0 Å². The van der Waals surface area contributed by atoms with Crippen molar-refractivity contribution in [2.24, 2.45) is 0 Å². The predicted molar refractivity (Wildman–Crippen MR) is 74.6 cm³/mol. The zero-order valence-corrected chi connectivity index (χ0v) is 11.2. The van der Waals surface area contributed by atoms with E-state index in [0.29, 0.717) is 16.5 Å². The maximum Gasteiger partial charge on any atom is 0.259 e. The van der Waals surface area contributed by atoms with Crippen molar-refractivity contribution in [1.29, 1.82) is 0 Å². The van der Waals surface area contributed by atoms with E-state index in [2.05, 4.69) is 10.3 Å². The van der Waals surface area contributed by atoms with Gasteiger partial charge in [-0.1, -0.05) is 11.6 Å². The number of anilines is 2. The molecule has 0 aliphatic heterocycles. The van der Waals surface area contributed by atoms with Gasteiger partial charge in [0.15, 0.2) is 0 Å². The van der Waals surface area contributed by atoms with Crippen LogP contribution >= 0.6 is 11.6 Å². The Morgan fingerprint density at radius 1 is 1.45 bits per heavy atom. The average molecular weight is 296 g/mol. The molecule has 104 valence electrons. The first-order valence-corrected chi connectivity index (χ1v) is 5.95. The van der Waals surface area contributed by atoms with E-state index in [0.717, 1.165) is 12.3 Å². The minimum absolute atomic E-state index is 0.0445. The lowest BCUT2D eigenvalue weighted by atomic mass is 10.2. The largest absolute Gasteiger partial charge is 0.495 e. The number of ether oxygens (including phenoxy) is 1. The smallest absolute Gasteiger partial charge is 0.259 e. The first-order valence-electron chi connectivity index (χ1n) is 5.57. The van der Waals surface area contributed by atoms with E-state index in [4.69, 9.17) is 22.1 Å². The molecule has 3 N–H and O–H groups in total. The lowest BCUT2D eigenvalue weighted by Crippen LogP contribution is -2.15. The van der Waals surface area contributed by atoms with Crippen LogP contribution < -0.4 is 15.8 Å². The molecule has 0 fully saturated rings. The van der Waals surface area contributed by atoms with Gasteiger partial charge in [-0.2, -0.15) is 0 Å². The number of pyridine rings is 1. The van der Waals surface area contributed by atoms with E-state index in [1.807, 2.05) is 0 Å². The van der Waals surface area contributed by atoms with Gasteiger partial charge >= 0.3 is 0 Å². The van der Waals surface area contributed by atoms with E-state index >= 15 is 0 Å². The monoisotopic (exact) mass is 295 g/mol. The van der Waals surface area contributed by atoms with Crippen LogP contribution in [0, 0.1) is 5.82 Å². The molecule has 0 unspecified atom stereocenters. The van der Waals surface area contributed by atoms with Gasteiger partial charge < -0.3 is 15.8 Å². The summed E-state index contributed by atoms with van der Waals surface area (Å²) in [4.78, 5) is 15.6. The van der Waals surface area contributed by atoms with Crippen molar-refractivity contribution in [3.63, 3.8) is 0 Å². The van der Waals surface area contributed by atoms with Crippen LogP contribution in [0.2, 0.25) is 5.02 Å². The number of carbonyl (C=O) groups is 1. The highest BCUT2D eigenvalue weighted by Crippen LogP contribution is 2.27. The number of nitrogens with zero attached hydrogens (tertiary/aromatic N) is 1. The summed E-state index contributed by atoms with van der Waals surface area (Å²) in [6, 6.07) is 5.74. The summed E-state index contributed by atoms with van der Waals surface area (Å²) in [7, 11) is 1.48. The standard InChI is InChI=1S/C13H11ClFN3O2/c1-20-11-3-2-8(5-10(11)14)18-13(19)9-4-7(15)6-17-12(9)16/h2-6H,1H3,(H2,16,17)(H,18,19). The van der Waals surface area contributed by atoms with E-state index in [9.17, 15) is 9.18 Å². The number of methoxy groups -OCH3 is 1. The fraction of sp³-hybridized carbons (Fsp3) is 0.0769. The molecule has 0 atom stereocenters. The van der Waals surface area contributed by atoms with Crippen LogP contribution in [0.5, 0.6) is 5.75 Å². The molecule has 5 nitrogen and oxygen atoms in total. The molecule has 0 aliphatic rings. The van der Waals surface area contributed by atoms with Crippen LogP contribution in [0.15, 0.2) is 30.5 Å². The third-order valence-corrected chi connectivity index (χ3v) is 2.83. The highest BCUT2D eigenvalue weighted by Gasteiger charge is 2.13. The molecule has 1 aromatic heterocycles. The quantitative estimate of drug-likeness (QED) is 0.912. The van der Waals surface area contributed by atoms with Crippen LogP contribution in [0.25, 0.3) is 0 Å². The number of aromatic nitrogens is 1. The zero-order chi connectivity index (χ0) is 14.7. The average Bonchev–Trinajstić information content (AvgIpc) is 2.41. The van der Waals surface area contributed by atoms with Crippen molar-refractivity contribution < 1.29 is 13.9 Å². The number of carbonyl (C=O) groups excluding carboxylic acids is 1. The van der Waals surface area contributed by atoms with Gasteiger partial charge in [0.25, 0.3) is 5.91 Å². The van der Waals surface area contributed by atoms with Crippen LogP contribution in [0.4, 0.5) is 15.9 Å². The second kappa shape index (κ2) is 5.75. The minimum Gasteiger partial charge on any atom is -0.495 e. The van der Waals surface area contributed by atoms with E-state index in [1.165, 1.54) is 13.2 Å². The number of amides is 1. The zero-order valence-electron chi connectivity index (χ0n) is 10.5. The Labute approximate surface area is 119 Å². The molecule has 0 radical (unpaired) electrons. The predicted octanol–water partition coefficient (Wildman–Crippen LogP) is 2.72. The summed E-state index contributed by atoms with van der Waals surface area (Å²) in [5, 5.41) is 2.90. The number of nitrogen functional groups attached to an aromatic ring is 1. The van der Waals surface area contributed by atoms with E-state index in [1.54, 1.807) is 12.1 Å². The van der Waals surface area contributed by atoms with Gasteiger partial charge in [-0.15, -0.1) is 0 Å². The topological polar surface area (TPSA) is 77.2 Å². The van der Waals surface area contributed by atoms with Gasteiger partial charge in [0.1, 0.15) is 17.4 Å². The molecule has 2 aromatic rings. The van der Waals surface area contributed by atoms with Gasteiger partial charge in [0.05, 0.1) is 23.9 Å². The third-order valence-electron chi connectivity index (χ3n) is 2.54. The SMILES string of the molecule is COc1ccc(NC(=O)c2cc(F)cnc2N)cc1Cl. The lowest BCUT2D eigenvalue weighted by molar-refractivity contribution is 0.102. The Balaban J connectivity index is 2.23. The Bertz CT molecular complexity index is 664. The number of hydrogen-bond acceptors (Lipinski definition) is 4. The molecule has 1 aromatic carbocycles. The Morgan fingerprint density at radius 3 is 2.85 bits per heavy atom. The number of nitrogens with one attached hydrogen (secondary N) is 1. The summed E-state index contributed by atoms with van der Waals surface area (Å²) >= 11 is 5.94. The molecule has 20 heavy (non-hydrogen) atoms. The molecule has 2 rings (SSSR count). The molecule has 1 amide bonds. The van der Waals surface area contributed by atoms with E-state index < -0.39 is 11.7 Å². The number of rotatable bonds is 3. The lowest BCUT2D eigenvalue weighted by Gasteiger charge is -2.09. The van der Waals surface area contributed by atoms with Crippen LogP contribution in [0.3, 0.4) is 0 Å². The maximum absolute atomic E-state index is 13.1. The van der Waals surface area contributed by atoms with Gasteiger partial charge in [-0.25, -0.2) is 9.37 Å². The van der Waals surface area contributed by atoms with Gasteiger partial charge in [-0.3, -0.25) is 4.79 Å². The fourth-order valence-corrected chi connectivity index (χ4v) is 1.83. The molecular formula is C13H11ClFN3O2. The van der Waals surface area contributed by atoms with Crippen LogP contribution in [0.1, 0.15) is 10.4 Å². The molecule has 0 aliphatic carbocycles. The summed E-state index contributed by atoms with van der Waals surface area (Å²) in [6.45, 7) is 0. The number of hydrogen-bond donors (Lipinski definition) is 2. The van der Waals surface area contributed by atoms with Crippen LogP contribution in [-0.4, -0.2) is 18.0 Å². The van der Waals surface area contributed by atoms with Gasteiger partial charge in [-0.05, 0) is 24.3 Å². The highest BCUT2D eigenvalue weighted by atomic mass is 35.5. The van der Waals surface area contributed by atoms with Crippen molar-refractivity contribution in [3.8, 4) is 5.75 Å². The van der Waals surface area contributed by atoms with Crippen molar-refractivity contribution >= 4 is 29.0 Å². The minimum atomic E-state index is -0.642. The molecule has 7 heteroatoms. The Kier molecular flexibility index (Phi) is 4.05.